The molecule has 0 aliphatic rings. The van der Waals surface area contributed by atoms with Gasteiger partial charge in [-0.15, -0.1) is 10.2 Å². The van der Waals surface area contributed by atoms with Gasteiger partial charge in [-0.05, 0) is 30.3 Å². The Hall–Kier alpha value is -2.65. The van der Waals surface area contributed by atoms with E-state index in [-0.39, 0.29) is 4.90 Å². The van der Waals surface area contributed by atoms with E-state index in [1.807, 2.05) is 0 Å². The summed E-state index contributed by atoms with van der Waals surface area (Å²) in [6.45, 7) is 0. The van der Waals surface area contributed by atoms with Gasteiger partial charge in [0.25, 0.3) is 10.1 Å². The van der Waals surface area contributed by atoms with Crippen LogP contribution in [0.3, 0.4) is 0 Å². The van der Waals surface area contributed by atoms with Gasteiger partial charge in [0, 0.05) is 6.07 Å². The maximum absolute atomic E-state index is 11.0. The Labute approximate surface area is 125 Å². The molecule has 9 heteroatoms. The zero-order chi connectivity index (χ0) is 15.9. The minimum absolute atomic E-state index is 0.195. The number of anilines is 1. The van der Waals surface area contributed by atoms with Crippen molar-refractivity contribution in [2.24, 2.45) is 0 Å². The second-order valence-corrected chi connectivity index (χ2v) is 5.96. The monoisotopic (exact) mass is 320 g/mol. The SMILES string of the molecule is COc1cc2nn(-c3ccc(S(=O)(=O)O)cc3)nc2cc1N. The molecule has 3 rings (SSSR count). The van der Waals surface area contributed by atoms with Crippen molar-refractivity contribution in [2.75, 3.05) is 12.8 Å². The molecule has 3 aromatic rings. The molecule has 0 bridgehead atoms. The lowest BCUT2D eigenvalue weighted by Gasteiger charge is -2.01. The fourth-order valence-corrected chi connectivity index (χ4v) is 2.48. The van der Waals surface area contributed by atoms with Crippen LogP contribution in [0.1, 0.15) is 0 Å². The first kappa shape index (κ1) is 14.3. The molecule has 0 saturated heterocycles. The van der Waals surface area contributed by atoms with Crippen LogP contribution in [0.2, 0.25) is 0 Å². The summed E-state index contributed by atoms with van der Waals surface area (Å²) in [5.74, 6) is 0.501. The summed E-state index contributed by atoms with van der Waals surface area (Å²) < 4.78 is 36.1. The molecule has 0 aliphatic heterocycles. The molecule has 0 saturated carbocycles. The minimum atomic E-state index is -4.22. The first-order chi connectivity index (χ1) is 10.4. The minimum Gasteiger partial charge on any atom is -0.495 e. The molecule has 3 N–H and O–H groups in total. The largest absolute Gasteiger partial charge is 0.495 e. The summed E-state index contributed by atoms with van der Waals surface area (Å²) in [5.41, 5.74) is 7.98. The average Bonchev–Trinajstić information content (AvgIpc) is 2.88. The number of aromatic nitrogens is 3. The average molecular weight is 320 g/mol. The quantitative estimate of drug-likeness (QED) is 0.550. The molecule has 0 aliphatic carbocycles. The maximum Gasteiger partial charge on any atom is 0.294 e. The number of hydrogen-bond acceptors (Lipinski definition) is 6. The zero-order valence-corrected chi connectivity index (χ0v) is 12.3. The smallest absolute Gasteiger partial charge is 0.294 e. The Morgan fingerprint density at radius 1 is 1.14 bits per heavy atom. The van der Waals surface area contributed by atoms with Gasteiger partial charge in [0.15, 0.2) is 0 Å². The van der Waals surface area contributed by atoms with Crippen molar-refractivity contribution < 1.29 is 17.7 Å². The van der Waals surface area contributed by atoms with Gasteiger partial charge in [-0.1, -0.05) is 0 Å². The number of methoxy groups -OCH3 is 1. The van der Waals surface area contributed by atoms with Crippen molar-refractivity contribution in [3.8, 4) is 11.4 Å². The van der Waals surface area contributed by atoms with Crippen LogP contribution in [0.5, 0.6) is 5.75 Å². The molecule has 0 amide bonds. The van der Waals surface area contributed by atoms with Crippen LogP contribution in [-0.2, 0) is 10.1 Å². The molecule has 0 radical (unpaired) electrons. The molecular formula is C13H12N4O4S. The van der Waals surface area contributed by atoms with Crippen molar-refractivity contribution in [2.45, 2.75) is 4.90 Å². The van der Waals surface area contributed by atoms with Gasteiger partial charge in [-0.3, -0.25) is 4.55 Å². The summed E-state index contributed by atoms with van der Waals surface area (Å²) in [6, 6.07) is 8.83. The lowest BCUT2D eigenvalue weighted by Crippen LogP contribution is -2.01. The van der Waals surface area contributed by atoms with E-state index in [9.17, 15) is 8.42 Å². The van der Waals surface area contributed by atoms with E-state index >= 15 is 0 Å². The highest BCUT2D eigenvalue weighted by Crippen LogP contribution is 2.26. The summed E-state index contributed by atoms with van der Waals surface area (Å²) in [6.07, 6.45) is 0. The van der Waals surface area contributed by atoms with Crippen LogP contribution in [0.25, 0.3) is 16.7 Å². The van der Waals surface area contributed by atoms with Crippen LogP contribution in [-0.4, -0.2) is 35.1 Å². The second-order valence-electron chi connectivity index (χ2n) is 4.54. The summed E-state index contributed by atoms with van der Waals surface area (Å²) in [4.78, 5) is 1.15. The van der Waals surface area contributed by atoms with E-state index < -0.39 is 10.1 Å². The predicted octanol–water partition coefficient (Wildman–Crippen LogP) is 1.26. The standard InChI is InChI=1S/C13H12N4O4S/c1-21-13-7-12-11(6-10(13)14)15-17(16-12)8-2-4-9(5-3-8)22(18,19)20/h2-7H,14H2,1H3,(H,18,19,20). The van der Waals surface area contributed by atoms with E-state index in [0.717, 1.165) is 0 Å². The van der Waals surface area contributed by atoms with Gasteiger partial charge in [-0.25, -0.2) is 0 Å². The lowest BCUT2D eigenvalue weighted by atomic mass is 10.2. The lowest BCUT2D eigenvalue weighted by molar-refractivity contribution is 0.417. The van der Waals surface area contributed by atoms with E-state index in [4.69, 9.17) is 15.0 Å². The number of benzene rings is 2. The van der Waals surface area contributed by atoms with Crippen LogP contribution in [0, 0.1) is 0 Å². The third-order valence-electron chi connectivity index (χ3n) is 3.10. The van der Waals surface area contributed by atoms with Gasteiger partial charge in [0.05, 0.1) is 23.4 Å². The van der Waals surface area contributed by atoms with Crippen LogP contribution in [0.15, 0.2) is 41.3 Å². The number of ether oxygens (including phenoxy) is 1. The first-order valence-electron chi connectivity index (χ1n) is 6.17. The molecule has 22 heavy (non-hydrogen) atoms. The summed E-state index contributed by atoms with van der Waals surface area (Å²) in [7, 11) is -2.71. The number of nitrogens with zero attached hydrogens (tertiary/aromatic N) is 3. The molecule has 1 heterocycles. The first-order valence-corrected chi connectivity index (χ1v) is 7.61. The Balaban J connectivity index is 2.07. The zero-order valence-electron chi connectivity index (χ0n) is 11.5. The third-order valence-corrected chi connectivity index (χ3v) is 3.97. The molecule has 0 fully saturated rings. The molecule has 0 unspecified atom stereocenters. The van der Waals surface area contributed by atoms with E-state index in [2.05, 4.69) is 10.2 Å². The van der Waals surface area contributed by atoms with E-state index in [1.165, 1.54) is 36.2 Å². The number of nitrogens with two attached hydrogens (primary N) is 1. The van der Waals surface area contributed by atoms with Gasteiger partial charge < -0.3 is 10.5 Å². The Bertz CT molecular complexity index is 948. The second kappa shape index (κ2) is 4.97. The number of nitrogen functional groups attached to an aromatic ring is 1. The summed E-state index contributed by atoms with van der Waals surface area (Å²) in [5, 5.41) is 8.55. The number of fused-ring (bicyclic) bond motifs is 1. The predicted molar refractivity (Wildman–Crippen MR) is 79.6 cm³/mol. The van der Waals surface area contributed by atoms with Gasteiger partial charge >= 0.3 is 0 Å². The molecule has 1 aromatic heterocycles. The van der Waals surface area contributed by atoms with E-state index in [0.29, 0.717) is 28.2 Å². The van der Waals surface area contributed by atoms with Crippen LogP contribution >= 0.6 is 0 Å². The van der Waals surface area contributed by atoms with Crippen molar-refractivity contribution in [1.29, 1.82) is 0 Å². The molecule has 114 valence electrons. The molecule has 8 nitrogen and oxygen atoms in total. The fraction of sp³-hybridized carbons (Fsp3) is 0.0769. The van der Waals surface area contributed by atoms with Crippen molar-refractivity contribution in [1.82, 2.24) is 15.0 Å². The van der Waals surface area contributed by atoms with Crippen LogP contribution in [0.4, 0.5) is 5.69 Å². The Morgan fingerprint density at radius 3 is 2.27 bits per heavy atom. The normalized spacial score (nSPS) is 11.7. The highest BCUT2D eigenvalue weighted by molar-refractivity contribution is 7.85. The summed E-state index contributed by atoms with van der Waals surface area (Å²) >= 11 is 0. The Kier molecular flexibility index (Phi) is 3.23. The maximum atomic E-state index is 11.0. The van der Waals surface area contributed by atoms with Crippen molar-refractivity contribution in [3.63, 3.8) is 0 Å². The van der Waals surface area contributed by atoms with Crippen molar-refractivity contribution >= 4 is 26.8 Å². The molecular weight excluding hydrogens is 308 g/mol. The highest BCUT2D eigenvalue weighted by Gasteiger charge is 2.11. The van der Waals surface area contributed by atoms with Crippen molar-refractivity contribution in [3.05, 3.63) is 36.4 Å². The third kappa shape index (κ3) is 2.47. The Morgan fingerprint density at radius 2 is 1.73 bits per heavy atom. The number of hydrogen-bond donors (Lipinski definition) is 2. The molecule has 2 aromatic carbocycles. The molecule has 0 atom stereocenters. The van der Waals surface area contributed by atoms with Crippen LogP contribution < -0.4 is 10.5 Å². The van der Waals surface area contributed by atoms with Gasteiger partial charge in [0.2, 0.25) is 0 Å². The highest BCUT2D eigenvalue weighted by atomic mass is 32.2. The fourth-order valence-electron chi connectivity index (χ4n) is 2.00. The van der Waals surface area contributed by atoms with Gasteiger partial charge in [0.1, 0.15) is 16.8 Å². The topological polar surface area (TPSA) is 120 Å². The number of rotatable bonds is 3. The molecule has 0 spiro atoms. The van der Waals surface area contributed by atoms with Gasteiger partial charge in [-0.2, -0.15) is 13.2 Å². The van der Waals surface area contributed by atoms with E-state index in [1.54, 1.807) is 12.1 Å².